The number of nitrogens with zero attached hydrogens (tertiary/aromatic N) is 1. The average Bonchev–Trinajstić information content (AvgIpc) is 2.64. The molecule has 4 nitrogen and oxygen atoms in total. The zero-order chi connectivity index (χ0) is 19.4. The Labute approximate surface area is 157 Å². The maximum atomic E-state index is 13.4. The molecule has 1 amide bonds. The molecule has 0 aliphatic carbocycles. The minimum atomic E-state index is -1.48. The Kier molecular flexibility index (Phi) is 5.87. The van der Waals surface area contributed by atoms with E-state index in [9.17, 15) is 18.7 Å². The highest BCUT2D eigenvalue weighted by molar-refractivity contribution is 5.86. The minimum absolute atomic E-state index is 0.147. The maximum absolute atomic E-state index is 13.4. The van der Waals surface area contributed by atoms with Gasteiger partial charge in [0.2, 0.25) is 0 Å². The topological polar surface area (TPSA) is 52.6 Å². The van der Waals surface area contributed by atoms with Gasteiger partial charge in [-0.1, -0.05) is 35.9 Å². The number of piperidine rings is 1. The molecule has 1 saturated heterocycles. The highest BCUT2D eigenvalue weighted by Gasteiger charge is 2.41. The second kappa shape index (κ2) is 8.15. The Morgan fingerprint density at radius 2 is 1.81 bits per heavy atom. The molecule has 0 unspecified atom stereocenters. The zero-order valence-corrected chi connectivity index (χ0v) is 15.3. The van der Waals surface area contributed by atoms with E-state index in [1.165, 1.54) is 16.5 Å². The number of aliphatic hydroxyl groups is 1. The standard InChI is InChI=1S/C21H24F2N2O2/c1-15-3-5-16(6-4-15)12-24-14-21(27)9-2-10-25(20(21)26)13-17-7-8-18(22)19(23)11-17/h3-8,11,24,27H,2,9-10,12-14H2,1H3/t21-/m1/s1. The van der Waals surface area contributed by atoms with Crippen molar-refractivity contribution in [1.82, 2.24) is 10.2 Å². The fraction of sp³-hybridized carbons (Fsp3) is 0.381. The summed E-state index contributed by atoms with van der Waals surface area (Å²) in [5, 5.41) is 14.0. The Hall–Kier alpha value is -2.31. The monoisotopic (exact) mass is 374 g/mol. The third-order valence-electron chi connectivity index (χ3n) is 4.93. The molecule has 0 aromatic heterocycles. The Morgan fingerprint density at radius 3 is 2.52 bits per heavy atom. The lowest BCUT2D eigenvalue weighted by molar-refractivity contribution is -0.157. The molecule has 1 aliphatic rings. The van der Waals surface area contributed by atoms with Crippen LogP contribution in [0.4, 0.5) is 8.78 Å². The molecule has 1 aliphatic heterocycles. The van der Waals surface area contributed by atoms with Gasteiger partial charge in [-0.25, -0.2) is 8.78 Å². The van der Waals surface area contributed by atoms with E-state index in [-0.39, 0.29) is 19.0 Å². The molecular weight excluding hydrogens is 350 g/mol. The molecule has 3 rings (SSSR count). The number of hydrogen-bond donors (Lipinski definition) is 2. The molecule has 6 heteroatoms. The van der Waals surface area contributed by atoms with Crippen molar-refractivity contribution >= 4 is 5.91 Å². The summed E-state index contributed by atoms with van der Waals surface area (Å²) in [5.74, 6) is -2.23. The Morgan fingerprint density at radius 1 is 1.11 bits per heavy atom. The number of hydrogen-bond acceptors (Lipinski definition) is 3. The van der Waals surface area contributed by atoms with Gasteiger partial charge in [0.25, 0.3) is 5.91 Å². The molecular formula is C21H24F2N2O2. The largest absolute Gasteiger partial charge is 0.379 e. The lowest BCUT2D eigenvalue weighted by atomic mass is 9.91. The third-order valence-corrected chi connectivity index (χ3v) is 4.93. The minimum Gasteiger partial charge on any atom is -0.379 e. The van der Waals surface area contributed by atoms with Crippen molar-refractivity contribution in [2.45, 2.75) is 38.5 Å². The zero-order valence-electron chi connectivity index (χ0n) is 15.3. The van der Waals surface area contributed by atoms with Crippen LogP contribution in [0.2, 0.25) is 0 Å². The van der Waals surface area contributed by atoms with Crippen molar-refractivity contribution in [2.24, 2.45) is 0 Å². The summed E-state index contributed by atoms with van der Waals surface area (Å²) in [5.41, 5.74) is 1.26. The van der Waals surface area contributed by atoms with Crippen molar-refractivity contribution in [1.29, 1.82) is 0 Å². The second-order valence-electron chi connectivity index (χ2n) is 7.20. The molecule has 0 bridgehead atoms. The first kappa shape index (κ1) is 19.5. The van der Waals surface area contributed by atoms with Crippen LogP contribution in [-0.4, -0.2) is 34.6 Å². The van der Waals surface area contributed by atoms with E-state index in [4.69, 9.17) is 0 Å². The fourth-order valence-electron chi connectivity index (χ4n) is 3.36. The number of nitrogens with one attached hydrogen (secondary N) is 1. The first-order valence-corrected chi connectivity index (χ1v) is 9.09. The van der Waals surface area contributed by atoms with Gasteiger partial charge in [-0.15, -0.1) is 0 Å². The van der Waals surface area contributed by atoms with E-state index >= 15 is 0 Å². The second-order valence-corrected chi connectivity index (χ2v) is 7.20. The summed E-state index contributed by atoms with van der Waals surface area (Å²) < 4.78 is 26.5. The van der Waals surface area contributed by atoms with E-state index in [2.05, 4.69) is 5.32 Å². The fourth-order valence-corrected chi connectivity index (χ4v) is 3.36. The van der Waals surface area contributed by atoms with Crippen molar-refractivity contribution < 1.29 is 18.7 Å². The normalized spacial score (nSPS) is 20.1. The van der Waals surface area contributed by atoms with E-state index in [0.717, 1.165) is 17.7 Å². The number of carbonyl (C=O) groups excluding carboxylic acids is 1. The number of amides is 1. The first-order chi connectivity index (χ1) is 12.9. The lowest BCUT2D eigenvalue weighted by Gasteiger charge is -2.38. The van der Waals surface area contributed by atoms with Gasteiger partial charge in [-0.3, -0.25) is 4.79 Å². The van der Waals surface area contributed by atoms with E-state index < -0.39 is 17.2 Å². The summed E-state index contributed by atoms with van der Waals surface area (Å²) in [6.07, 6.45) is 1.03. The van der Waals surface area contributed by atoms with E-state index in [1.54, 1.807) is 0 Å². The van der Waals surface area contributed by atoms with Crippen LogP contribution in [0.3, 0.4) is 0 Å². The van der Waals surface area contributed by atoms with E-state index in [1.807, 2.05) is 31.2 Å². The highest BCUT2D eigenvalue weighted by atomic mass is 19.2. The van der Waals surface area contributed by atoms with Crippen molar-refractivity contribution in [2.75, 3.05) is 13.1 Å². The molecule has 0 saturated carbocycles. The smallest absolute Gasteiger partial charge is 0.256 e. The van der Waals surface area contributed by atoms with Gasteiger partial charge in [0, 0.05) is 26.2 Å². The predicted octanol–water partition coefficient (Wildman–Crippen LogP) is 2.92. The summed E-state index contributed by atoms with van der Waals surface area (Å²) in [4.78, 5) is 14.3. The number of benzene rings is 2. The molecule has 27 heavy (non-hydrogen) atoms. The molecule has 0 radical (unpaired) electrons. The molecule has 0 spiro atoms. The molecule has 1 heterocycles. The van der Waals surface area contributed by atoms with Crippen LogP contribution < -0.4 is 5.32 Å². The van der Waals surface area contributed by atoms with Crippen LogP contribution in [0.1, 0.15) is 29.5 Å². The quantitative estimate of drug-likeness (QED) is 0.818. The van der Waals surface area contributed by atoms with Gasteiger partial charge in [0.15, 0.2) is 17.2 Å². The van der Waals surface area contributed by atoms with Gasteiger partial charge >= 0.3 is 0 Å². The number of carbonyl (C=O) groups is 1. The third kappa shape index (κ3) is 4.70. The Balaban J connectivity index is 1.60. The van der Waals surface area contributed by atoms with Crippen LogP contribution in [-0.2, 0) is 17.9 Å². The first-order valence-electron chi connectivity index (χ1n) is 9.09. The van der Waals surface area contributed by atoms with Gasteiger partial charge in [0.05, 0.1) is 0 Å². The molecule has 2 aromatic rings. The number of halogens is 2. The highest BCUT2D eigenvalue weighted by Crippen LogP contribution is 2.24. The summed E-state index contributed by atoms with van der Waals surface area (Å²) >= 11 is 0. The van der Waals surface area contributed by atoms with Crippen molar-refractivity contribution in [3.05, 3.63) is 70.8 Å². The number of aryl methyl sites for hydroxylation is 1. The van der Waals surface area contributed by atoms with E-state index in [0.29, 0.717) is 31.5 Å². The van der Waals surface area contributed by atoms with Crippen LogP contribution in [0.15, 0.2) is 42.5 Å². The Bertz CT molecular complexity index is 810. The molecule has 2 N–H and O–H groups in total. The average molecular weight is 374 g/mol. The van der Waals surface area contributed by atoms with Gasteiger partial charge in [-0.05, 0) is 43.0 Å². The van der Waals surface area contributed by atoms with Gasteiger partial charge in [-0.2, -0.15) is 0 Å². The molecule has 1 fully saturated rings. The molecule has 2 aromatic carbocycles. The van der Waals surface area contributed by atoms with Crippen molar-refractivity contribution in [3.8, 4) is 0 Å². The number of rotatable bonds is 6. The van der Waals surface area contributed by atoms with Crippen LogP contribution in [0, 0.1) is 18.6 Å². The summed E-state index contributed by atoms with van der Waals surface area (Å²) in [6, 6.07) is 11.6. The summed E-state index contributed by atoms with van der Waals surface area (Å²) in [6.45, 7) is 3.35. The van der Waals surface area contributed by atoms with Crippen LogP contribution in [0.25, 0.3) is 0 Å². The predicted molar refractivity (Wildman–Crippen MR) is 98.8 cm³/mol. The molecule has 144 valence electrons. The lowest BCUT2D eigenvalue weighted by Crippen LogP contribution is -2.57. The van der Waals surface area contributed by atoms with Crippen LogP contribution >= 0.6 is 0 Å². The summed E-state index contributed by atoms with van der Waals surface area (Å²) in [7, 11) is 0. The van der Waals surface area contributed by atoms with Gasteiger partial charge < -0.3 is 15.3 Å². The van der Waals surface area contributed by atoms with Crippen LogP contribution in [0.5, 0.6) is 0 Å². The van der Waals surface area contributed by atoms with Gasteiger partial charge in [0.1, 0.15) is 0 Å². The maximum Gasteiger partial charge on any atom is 0.256 e. The number of likely N-dealkylation sites (tertiary alicyclic amines) is 1. The SMILES string of the molecule is Cc1ccc(CNC[C@]2(O)CCCN(Cc3ccc(F)c(F)c3)C2=O)cc1. The van der Waals surface area contributed by atoms with Crippen molar-refractivity contribution in [3.63, 3.8) is 0 Å². The molecule has 1 atom stereocenters.